The fourth-order valence-corrected chi connectivity index (χ4v) is 3.62. The first kappa shape index (κ1) is 13.8. The van der Waals surface area contributed by atoms with E-state index in [2.05, 4.69) is 0 Å². The van der Waals surface area contributed by atoms with Crippen molar-refractivity contribution < 1.29 is 17.9 Å². The van der Waals surface area contributed by atoms with Crippen molar-refractivity contribution in [1.82, 2.24) is 0 Å². The van der Waals surface area contributed by atoms with Crippen molar-refractivity contribution in [3.05, 3.63) is 36.1 Å². The van der Waals surface area contributed by atoms with Crippen molar-refractivity contribution in [2.24, 2.45) is 0 Å². The Morgan fingerprint density at radius 3 is 2.53 bits per heavy atom. The average molecular weight is 272 g/mol. The molecule has 0 atom stereocenters. The molecule has 0 aliphatic rings. The molecule has 0 fully saturated rings. The van der Waals surface area contributed by atoms with Gasteiger partial charge < -0.3 is 4.74 Å². The van der Waals surface area contributed by atoms with E-state index in [1.807, 2.05) is 0 Å². The Kier molecular flexibility index (Phi) is 5.28. The lowest BCUT2D eigenvalue weighted by atomic mass is 10.3. The van der Waals surface area contributed by atoms with Crippen LogP contribution >= 0.6 is 10.8 Å². The molecule has 17 heavy (non-hydrogen) atoms. The maximum atomic E-state index is 11.5. The first-order chi connectivity index (χ1) is 8.07. The maximum Gasteiger partial charge on any atom is 0.209 e. The summed E-state index contributed by atoms with van der Waals surface area (Å²) in [5.41, 5.74) is 0. The van der Waals surface area contributed by atoms with Crippen LogP contribution in [0.25, 0.3) is 0 Å². The van der Waals surface area contributed by atoms with E-state index in [0.717, 1.165) is 10.8 Å². The number of hydrogen-bond donors (Lipinski definition) is 0. The van der Waals surface area contributed by atoms with Gasteiger partial charge in [-0.25, -0.2) is 13.2 Å². The molecule has 0 bridgehead atoms. The molecule has 0 unspecified atom stereocenters. The van der Waals surface area contributed by atoms with Gasteiger partial charge in [0.25, 0.3) is 0 Å². The molecule has 0 aliphatic heterocycles. The zero-order chi connectivity index (χ0) is 12.7. The van der Waals surface area contributed by atoms with Crippen LogP contribution in [-0.4, -0.2) is 25.9 Å². The first-order valence-corrected chi connectivity index (χ1v) is 8.07. The van der Waals surface area contributed by atoms with E-state index in [1.165, 1.54) is 5.94 Å². The van der Waals surface area contributed by atoms with Crippen LogP contribution in [0.15, 0.2) is 36.1 Å². The van der Waals surface area contributed by atoms with Gasteiger partial charge in [0.05, 0.1) is 0 Å². The largest absolute Gasteiger partial charge is 0.449 e. The minimum Gasteiger partial charge on any atom is -0.449 e. The summed E-state index contributed by atoms with van der Waals surface area (Å²) in [6, 6.07) is 8.52. The number of carbonyl (C=O) groups excluding carboxylic acids is 1. The normalized spacial score (nSPS) is 10.6. The lowest BCUT2D eigenvalue weighted by molar-refractivity contribution is 0.427. The molecule has 92 valence electrons. The van der Waals surface area contributed by atoms with Gasteiger partial charge in [0, 0.05) is 5.75 Å². The van der Waals surface area contributed by atoms with E-state index in [-0.39, 0.29) is 5.76 Å². The Balaban J connectivity index is 2.73. The second-order valence-corrected chi connectivity index (χ2v) is 7.50. The fraction of sp³-hybridized carbons (Fsp3) is 0.273. The minimum absolute atomic E-state index is 0.225. The van der Waals surface area contributed by atoms with Crippen LogP contribution in [-0.2, 0) is 13.7 Å². The molecule has 0 heterocycles. The Bertz CT molecular complexity index is 502. The highest BCUT2D eigenvalue weighted by atomic mass is 33.1. The van der Waals surface area contributed by atoms with Crippen molar-refractivity contribution in [2.75, 3.05) is 11.5 Å². The van der Waals surface area contributed by atoms with Crippen LogP contribution in [0.2, 0.25) is 0 Å². The summed E-state index contributed by atoms with van der Waals surface area (Å²) in [4.78, 5) is 10.6. The molecule has 6 heteroatoms. The lowest BCUT2D eigenvalue weighted by Crippen LogP contribution is -2.10. The molecule has 0 radical (unpaired) electrons. The summed E-state index contributed by atoms with van der Waals surface area (Å²) in [5, 5.41) is 0. The molecule has 1 aromatic rings. The third-order valence-electron chi connectivity index (χ3n) is 1.70. The lowest BCUT2D eigenvalue weighted by Gasteiger charge is -2.06. The zero-order valence-corrected chi connectivity index (χ0v) is 10.9. The smallest absolute Gasteiger partial charge is 0.209 e. The van der Waals surface area contributed by atoms with E-state index in [9.17, 15) is 13.2 Å². The quantitative estimate of drug-likeness (QED) is 0.449. The second kappa shape index (κ2) is 6.49. The van der Waals surface area contributed by atoms with E-state index >= 15 is 0 Å². The number of hydrogen-bond acceptors (Lipinski definition) is 5. The number of para-hydroxylation sites is 1. The van der Waals surface area contributed by atoms with Gasteiger partial charge in [0.1, 0.15) is 11.5 Å². The van der Waals surface area contributed by atoms with Crippen molar-refractivity contribution >= 4 is 25.6 Å². The molecule has 0 spiro atoms. The van der Waals surface area contributed by atoms with Gasteiger partial charge in [0.15, 0.2) is 5.94 Å². The van der Waals surface area contributed by atoms with Crippen LogP contribution in [0.4, 0.5) is 0 Å². The molecule has 4 nitrogen and oxygen atoms in total. The molecule has 0 saturated heterocycles. The van der Waals surface area contributed by atoms with Gasteiger partial charge in [0.2, 0.25) is 14.6 Å². The summed E-state index contributed by atoms with van der Waals surface area (Å²) < 4.78 is 28.1. The third kappa shape index (κ3) is 5.08. The zero-order valence-electron chi connectivity index (χ0n) is 9.25. The van der Waals surface area contributed by atoms with Crippen LogP contribution in [0.1, 0.15) is 6.92 Å². The van der Waals surface area contributed by atoms with Crippen molar-refractivity contribution in [2.45, 2.75) is 6.92 Å². The molecule has 0 saturated carbocycles. The SMILES string of the molecule is CCSS(=O)(=O)CC(=C=O)Oc1ccccc1. The van der Waals surface area contributed by atoms with Gasteiger partial charge in [-0.1, -0.05) is 25.1 Å². The van der Waals surface area contributed by atoms with Gasteiger partial charge in [-0.15, -0.1) is 0 Å². The monoisotopic (exact) mass is 272 g/mol. The third-order valence-corrected chi connectivity index (χ3v) is 5.05. The molecular weight excluding hydrogens is 260 g/mol. The van der Waals surface area contributed by atoms with Crippen molar-refractivity contribution in [1.29, 1.82) is 0 Å². The van der Waals surface area contributed by atoms with Crippen LogP contribution < -0.4 is 4.74 Å². The van der Waals surface area contributed by atoms with Gasteiger partial charge >= 0.3 is 0 Å². The second-order valence-electron chi connectivity index (χ2n) is 3.05. The number of ether oxygens (including phenoxy) is 1. The molecule has 0 N–H and O–H groups in total. The standard InChI is InChI=1S/C11H12O4S2/c1-2-16-17(13,14)9-11(8-12)15-10-6-4-3-5-7-10/h3-7H,2,9H2,1H3. The van der Waals surface area contributed by atoms with E-state index < -0.39 is 14.6 Å². The summed E-state index contributed by atoms with van der Waals surface area (Å²) in [7, 11) is -2.59. The Morgan fingerprint density at radius 2 is 2.00 bits per heavy atom. The number of rotatable bonds is 6. The Hall–Kier alpha value is -1.23. The van der Waals surface area contributed by atoms with Crippen LogP contribution in [0.3, 0.4) is 0 Å². The summed E-state index contributed by atoms with van der Waals surface area (Å²) in [5.74, 6) is 1.70. The Morgan fingerprint density at radius 1 is 1.35 bits per heavy atom. The molecule has 1 aromatic carbocycles. The van der Waals surface area contributed by atoms with Crippen LogP contribution in [0, 0.1) is 0 Å². The fourth-order valence-electron chi connectivity index (χ4n) is 1.09. The van der Waals surface area contributed by atoms with Crippen molar-refractivity contribution in [3.63, 3.8) is 0 Å². The maximum absolute atomic E-state index is 11.5. The van der Waals surface area contributed by atoms with Crippen LogP contribution in [0.5, 0.6) is 5.75 Å². The predicted octanol–water partition coefficient (Wildman–Crippen LogP) is 1.86. The molecule has 0 aliphatic carbocycles. The molecule has 0 amide bonds. The van der Waals surface area contributed by atoms with Gasteiger partial charge in [-0.3, -0.25) is 0 Å². The Labute approximate surface area is 104 Å². The van der Waals surface area contributed by atoms with Gasteiger partial charge in [-0.05, 0) is 22.9 Å². The van der Waals surface area contributed by atoms with E-state index in [4.69, 9.17) is 4.74 Å². The topological polar surface area (TPSA) is 60.4 Å². The molecule has 1 rings (SSSR count). The summed E-state index contributed by atoms with van der Waals surface area (Å²) in [6.07, 6.45) is 0. The highest BCUT2D eigenvalue weighted by Gasteiger charge is 2.16. The summed E-state index contributed by atoms with van der Waals surface area (Å²) >= 11 is 0. The highest BCUT2D eigenvalue weighted by Crippen LogP contribution is 2.17. The van der Waals surface area contributed by atoms with Gasteiger partial charge in [-0.2, -0.15) is 0 Å². The first-order valence-electron chi connectivity index (χ1n) is 4.91. The minimum atomic E-state index is -3.37. The average Bonchev–Trinajstić information content (AvgIpc) is 2.29. The van der Waals surface area contributed by atoms with E-state index in [0.29, 0.717) is 11.5 Å². The molecular formula is C11H12O4S2. The van der Waals surface area contributed by atoms with E-state index in [1.54, 1.807) is 37.3 Å². The van der Waals surface area contributed by atoms with Crippen molar-refractivity contribution in [3.8, 4) is 5.75 Å². The summed E-state index contributed by atoms with van der Waals surface area (Å²) in [6.45, 7) is 1.73. The highest BCUT2D eigenvalue weighted by molar-refractivity contribution is 8.72. The predicted molar refractivity (Wildman–Crippen MR) is 68.2 cm³/mol. The molecule has 0 aromatic heterocycles. The number of benzene rings is 1.